The molecule has 0 saturated carbocycles. The van der Waals surface area contributed by atoms with E-state index in [1.54, 1.807) is 0 Å². The highest BCUT2D eigenvalue weighted by Crippen LogP contribution is 2.17. The third-order valence-corrected chi connectivity index (χ3v) is 3.00. The van der Waals surface area contributed by atoms with Gasteiger partial charge in [0, 0.05) is 5.33 Å². The summed E-state index contributed by atoms with van der Waals surface area (Å²) in [6.45, 7) is 6.56. The Morgan fingerprint density at radius 2 is 1.69 bits per heavy atom. The molecule has 0 radical (unpaired) electrons. The molecule has 0 bridgehead atoms. The standard InChI is InChI=1S/C10H15BrOSi/c1-13(2,3)12-10-6-4-9(8-11)5-7-10/h4-7H,8H2,1-3H3. The van der Waals surface area contributed by atoms with Crippen molar-refractivity contribution < 1.29 is 4.43 Å². The van der Waals surface area contributed by atoms with E-state index in [2.05, 4.69) is 47.7 Å². The van der Waals surface area contributed by atoms with Crippen LogP contribution in [0.1, 0.15) is 5.56 Å². The van der Waals surface area contributed by atoms with Gasteiger partial charge in [-0.25, -0.2) is 0 Å². The van der Waals surface area contributed by atoms with Crippen molar-refractivity contribution >= 4 is 24.2 Å². The Morgan fingerprint density at radius 3 is 2.08 bits per heavy atom. The Hall–Kier alpha value is -0.283. The molecule has 0 saturated heterocycles. The quantitative estimate of drug-likeness (QED) is 0.592. The zero-order valence-corrected chi connectivity index (χ0v) is 10.9. The second-order valence-corrected chi connectivity index (χ2v) is 8.98. The van der Waals surface area contributed by atoms with Crippen LogP contribution in [0.25, 0.3) is 0 Å². The first-order valence-electron chi connectivity index (χ1n) is 4.35. The van der Waals surface area contributed by atoms with E-state index in [-0.39, 0.29) is 0 Å². The lowest BCUT2D eigenvalue weighted by atomic mass is 10.2. The minimum Gasteiger partial charge on any atom is -0.544 e. The van der Waals surface area contributed by atoms with Gasteiger partial charge in [0.1, 0.15) is 5.75 Å². The van der Waals surface area contributed by atoms with Gasteiger partial charge < -0.3 is 4.43 Å². The molecule has 72 valence electrons. The van der Waals surface area contributed by atoms with Crippen molar-refractivity contribution in [3.63, 3.8) is 0 Å². The van der Waals surface area contributed by atoms with Crippen molar-refractivity contribution in [1.82, 2.24) is 0 Å². The number of benzene rings is 1. The Kier molecular flexibility index (Phi) is 3.56. The van der Waals surface area contributed by atoms with Gasteiger partial charge in [0.25, 0.3) is 0 Å². The zero-order chi connectivity index (χ0) is 9.90. The van der Waals surface area contributed by atoms with E-state index in [4.69, 9.17) is 4.43 Å². The van der Waals surface area contributed by atoms with Crippen LogP contribution >= 0.6 is 15.9 Å². The van der Waals surface area contributed by atoms with Crippen LogP contribution in [0.15, 0.2) is 24.3 Å². The topological polar surface area (TPSA) is 9.23 Å². The fourth-order valence-electron chi connectivity index (χ4n) is 1.00. The number of alkyl halides is 1. The van der Waals surface area contributed by atoms with E-state index < -0.39 is 8.32 Å². The predicted molar refractivity (Wildman–Crippen MR) is 63.0 cm³/mol. The normalized spacial score (nSPS) is 11.4. The average Bonchev–Trinajstić information content (AvgIpc) is 2.03. The molecule has 1 aromatic rings. The van der Waals surface area contributed by atoms with Crippen LogP contribution in [0.5, 0.6) is 5.75 Å². The molecule has 1 nitrogen and oxygen atoms in total. The van der Waals surface area contributed by atoms with Crippen LogP contribution in [0.4, 0.5) is 0 Å². The summed E-state index contributed by atoms with van der Waals surface area (Å²) in [4.78, 5) is 0. The molecule has 0 aliphatic carbocycles. The van der Waals surface area contributed by atoms with Crippen LogP contribution in [-0.2, 0) is 5.33 Å². The van der Waals surface area contributed by atoms with Gasteiger partial charge in [-0.15, -0.1) is 0 Å². The number of hydrogen-bond acceptors (Lipinski definition) is 1. The molecule has 0 N–H and O–H groups in total. The largest absolute Gasteiger partial charge is 0.544 e. The summed E-state index contributed by atoms with van der Waals surface area (Å²) < 4.78 is 5.82. The maximum Gasteiger partial charge on any atom is 0.242 e. The minimum atomic E-state index is -1.44. The van der Waals surface area contributed by atoms with Crippen LogP contribution in [0.2, 0.25) is 19.6 Å². The van der Waals surface area contributed by atoms with Gasteiger partial charge in [0.15, 0.2) is 0 Å². The smallest absolute Gasteiger partial charge is 0.242 e. The van der Waals surface area contributed by atoms with Gasteiger partial charge in [0.2, 0.25) is 8.32 Å². The number of halogens is 1. The second-order valence-electron chi connectivity index (χ2n) is 3.99. The fraction of sp³-hybridized carbons (Fsp3) is 0.400. The summed E-state index contributed by atoms with van der Waals surface area (Å²) in [7, 11) is -1.44. The molecule has 0 aromatic heterocycles. The summed E-state index contributed by atoms with van der Waals surface area (Å²) in [5.41, 5.74) is 1.28. The monoisotopic (exact) mass is 258 g/mol. The predicted octanol–water partition coefficient (Wildman–Crippen LogP) is 3.80. The lowest BCUT2D eigenvalue weighted by molar-refractivity contribution is 0.557. The van der Waals surface area contributed by atoms with Gasteiger partial charge in [-0.05, 0) is 37.3 Å². The van der Waals surface area contributed by atoms with E-state index in [1.807, 2.05) is 12.1 Å². The van der Waals surface area contributed by atoms with E-state index in [0.29, 0.717) is 0 Å². The molecule has 0 atom stereocenters. The molecule has 1 rings (SSSR count). The highest BCUT2D eigenvalue weighted by Gasteiger charge is 2.15. The molecule has 0 aliphatic rings. The maximum atomic E-state index is 5.82. The molecular formula is C10H15BrOSi. The van der Waals surface area contributed by atoms with Crippen molar-refractivity contribution in [2.75, 3.05) is 0 Å². The van der Waals surface area contributed by atoms with E-state index in [0.717, 1.165) is 11.1 Å². The Labute approximate surface area is 89.4 Å². The Bertz CT molecular complexity index is 263. The molecule has 0 fully saturated rings. The highest BCUT2D eigenvalue weighted by molar-refractivity contribution is 9.08. The van der Waals surface area contributed by atoms with Gasteiger partial charge >= 0.3 is 0 Å². The fourth-order valence-corrected chi connectivity index (χ4v) is 2.22. The number of hydrogen-bond donors (Lipinski definition) is 0. The van der Waals surface area contributed by atoms with Crippen LogP contribution in [0, 0.1) is 0 Å². The lowest BCUT2D eigenvalue weighted by Crippen LogP contribution is -2.29. The zero-order valence-electron chi connectivity index (χ0n) is 8.30. The molecule has 1 aromatic carbocycles. The third-order valence-electron chi connectivity index (χ3n) is 1.50. The molecular weight excluding hydrogens is 244 g/mol. The Balaban J connectivity index is 2.70. The van der Waals surface area contributed by atoms with Gasteiger partial charge in [0.05, 0.1) is 0 Å². The van der Waals surface area contributed by atoms with Crippen LogP contribution in [-0.4, -0.2) is 8.32 Å². The average molecular weight is 259 g/mol. The van der Waals surface area contributed by atoms with Gasteiger partial charge in [-0.3, -0.25) is 0 Å². The molecule has 0 aliphatic heterocycles. The lowest BCUT2D eigenvalue weighted by Gasteiger charge is -2.19. The summed E-state index contributed by atoms with van der Waals surface area (Å²) in [6.07, 6.45) is 0. The molecule has 0 amide bonds. The van der Waals surface area contributed by atoms with Crippen molar-refractivity contribution in [3.8, 4) is 5.75 Å². The molecule has 3 heteroatoms. The first kappa shape index (κ1) is 10.8. The maximum absolute atomic E-state index is 5.82. The summed E-state index contributed by atoms with van der Waals surface area (Å²) in [5, 5.41) is 0.903. The van der Waals surface area contributed by atoms with Crippen LogP contribution in [0.3, 0.4) is 0 Å². The van der Waals surface area contributed by atoms with Crippen molar-refractivity contribution in [3.05, 3.63) is 29.8 Å². The Morgan fingerprint density at radius 1 is 1.15 bits per heavy atom. The minimum absolute atomic E-state index is 0.903. The number of rotatable bonds is 3. The van der Waals surface area contributed by atoms with Gasteiger partial charge in [-0.2, -0.15) is 0 Å². The highest BCUT2D eigenvalue weighted by atomic mass is 79.9. The van der Waals surface area contributed by atoms with Gasteiger partial charge in [-0.1, -0.05) is 28.1 Å². The van der Waals surface area contributed by atoms with E-state index in [9.17, 15) is 0 Å². The third kappa shape index (κ3) is 3.96. The SMILES string of the molecule is C[Si](C)(C)Oc1ccc(CBr)cc1. The summed E-state index contributed by atoms with van der Waals surface area (Å²) in [5.74, 6) is 0.990. The van der Waals surface area contributed by atoms with Crippen molar-refractivity contribution in [2.24, 2.45) is 0 Å². The first-order valence-corrected chi connectivity index (χ1v) is 8.88. The first-order chi connectivity index (χ1) is 6.01. The second kappa shape index (κ2) is 4.29. The van der Waals surface area contributed by atoms with Crippen LogP contribution < -0.4 is 4.43 Å². The van der Waals surface area contributed by atoms with E-state index in [1.165, 1.54) is 5.56 Å². The molecule has 13 heavy (non-hydrogen) atoms. The molecule has 0 unspecified atom stereocenters. The van der Waals surface area contributed by atoms with E-state index >= 15 is 0 Å². The summed E-state index contributed by atoms with van der Waals surface area (Å²) >= 11 is 3.41. The molecule has 0 heterocycles. The van der Waals surface area contributed by atoms with Crippen molar-refractivity contribution in [2.45, 2.75) is 25.0 Å². The summed E-state index contributed by atoms with van der Waals surface area (Å²) in [6, 6.07) is 8.25. The van der Waals surface area contributed by atoms with Crippen molar-refractivity contribution in [1.29, 1.82) is 0 Å². The molecule has 0 spiro atoms.